The van der Waals surface area contributed by atoms with Crippen LogP contribution in [0.3, 0.4) is 0 Å². The number of carbonyl (C=O) groups is 3. The molecule has 0 atom stereocenters. The number of hydrogen-bond donors (Lipinski definition) is 1. The van der Waals surface area contributed by atoms with Gasteiger partial charge in [0.05, 0.1) is 17.8 Å². The van der Waals surface area contributed by atoms with Crippen molar-refractivity contribution in [2.75, 3.05) is 12.0 Å². The number of nitrogens with one attached hydrogen (secondary N) is 1. The Morgan fingerprint density at radius 2 is 2.06 bits per heavy atom. The third-order valence-electron chi connectivity index (χ3n) is 2.40. The van der Waals surface area contributed by atoms with Gasteiger partial charge in [0.15, 0.2) is 0 Å². The first-order valence-corrected chi connectivity index (χ1v) is 5.41. The van der Waals surface area contributed by atoms with Crippen LogP contribution < -0.4 is 15.0 Å². The molecule has 0 bridgehead atoms. The number of halogens is 1. The van der Waals surface area contributed by atoms with Crippen LogP contribution in [-0.4, -0.2) is 25.0 Å². The number of hydrogen-bond acceptors (Lipinski definition) is 4. The Morgan fingerprint density at radius 3 is 2.61 bits per heavy atom. The van der Waals surface area contributed by atoms with E-state index in [2.05, 4.69) is 5.32 Å². The third kappa shape index (κ3) is 2.14. The second-order valence-electron chi connectivity index (χ2n) is 3.58. The van der Waals surface area contributed by atoms with Crippen LogP contribution in [0.5, 0.6) is 5.75 Å². The first-order chi connectivity index (χ1) is 8.52. The summed E-state index contributed by atoms with van der Waals surface area (Å²) in [5.41, 5.74) is 0.288. The smallest absolute Gasteiger partial charge is 0.335 e. The van der Waals surface area contributed by atoms with E-state index in [9.17, 15) is 14.4 Å². The van der Waals surface area contributed by atoms with Crippen LogP contribution in [0.2, 0.25) is 5.02 Å². The van der Waals surface area contributed by atoms with Crippen molar-refractivity contribution in [1.82, 2.24) is 5.32 Å². The van der Waals surface area contributed by atoms with Crippen molar-refractivity contribution in [3.8, 4) is 5.75 Å². The summed E-state index contributed by atoms with van der Waals surface area (Å²) >= 11 is 5.91. The monoisotopic (exact) mass is 268 g/mol. The number of ether oxygens (including phenoxy) is 1. The van der Waals surface area contributed by atoms with Gasteiger partial charge >= 0.3 is 6.03 Å². The molecule has 1 fully saturated rings. The summed E-state index contributed by atoms with van der Waals surface area (Å²) in [7, 11) is 1.46. The Bertz CT molecular complexity index is 524. The minimum atomic E-state index is -0.780. The number of carbonyl (C=O) groups excluding carboxylic acids is 3. The molecule has 18 heavy (non-hydrogen) atoms. The lowest BCUT2D eigenvalue weighted by molar-refractivity contribution is -0.128. The summed E-state index contributed by atoms with van der Waals surface area (Å²) in [4.78, 5) is 35.1. The second kappa shape index (κ2) is 4.66. The molecule has 1 saturated heterocycles. The minimum Gasteiger partial charge on any atom is -0.495 e. The number of barbiturate groups is 1. The van der Waals surface area contributed by atoms with E-state index in [0.717, 1.165) is 4.90 Å². The van der Waals surface area contributed by atoms with Gasteiger partial charge in [-0.15, -0.1) is 0 Å². The summed E-state index contributed by atoms with van der Waals surface area (Å²) < 4.78 is 4.97. The van der Waals surface area contributed by atoms with Crippen molar-refractivity contribution in [3.05, 3.63) is 23.2 Å². The molecule has 1 aliphatic rings. The number of amides is 4. The van der Waals surface area contributed by atoms with E-state index >= 15 is 0 Å². The van der Waals surface area contributed by atoms with Gasteiger partial charge in [-0.2, -0.15) is 0 Å². The van der Waals surface area contributed by atoms with Crippen molar-refractivity contribution < 1.29 is 19.1 Å². The van der Waals surface area contributed by atoms with Gasteiger partial charge in [0.2, 0.25) is 11.8 Å². The Morgan fingerprint density at radius 1 is 1.33 bits per heavy atom. The van der Waals surface area contributed by atoms with Crippen LogP contribution in [-0.2, 0) is 9.59 Å². The fourth-order valence-corrected chi connectivity index (χ4v) is 1.86. The molecule has 0 spiro atoms. The number of rotatable bonds is 2. The second-order valence-corrected chi connectivity index (χ2v) is 3.99. The molecule has 0 unspecified atom stereocenters. The Hall–Kier alpha value is -2.08. The Kier molecular flexibility index (Phi) is 3.20. The maximum atomic E-state index is 11.7. The molecule has 0 aliphatic carbocycles. The lowest BCUT2D eigenvalue weighted by atomic mass is 10.2. The van der Waals surface area contributed by atoms with E-state index in [1.165, 1.54) is 25.3 Å². The van der Waals surface area contributed by atoms with Crippen LogP contribution >= 0.6 is 11.6 Å². The summed E-state index contributed by atoms with van der Waals surface area (Å²) in [5.74, 6) is -0.771. The average molecular weight is 269 g/mol. The molecule has 0 radical (unpaired) electrons. The first kappa shape index (κ1) is 12.4. The first-order valence-electron chi connectivity index (χ1n) is 5.03. The van der Waals surface area contributed by atoms with Crippen LogP contribution in [0.25, 0.3) is 0 Å². The van der Waals surface area contributed by atoms with Crippen molar-refractivity contribution in [2.24, 2.45) is 0 Å². The van der Waals surface area contributed by atoms with Crippen molar-refractivity contribution in [3.63, 3.8) is 0 Å². The number of imide groups is 2. The van der Waals surface area contributed by atoms with Crippen molar-refractivity contribution in [2.45, 2.75) is 6.42 Å². The quantitative estimate of drug-likeness (QED) is 0.821. The lowest BCUT2D eigenvalue weighted by Crippen LogP contribution is -2.52. The number of anilines is 1. The van der Waals surface area contributed by atoms with Gasteiger partial charge in [0.1, 0.15) is 12.2 Å². The molecule has 2 rings (SSSR count). The number of nitrogens with zero attached hydrogens (tertiary/aromatic N) is 1. The van der Waals surface area contributed by atoms with Crippen LogP contribution in [0.1, 0.15) is 6.42 Å². The van der Waals surface area contributed by atoms with Crippen molar-refractivity contribution in [1.29, 1.82) is 0 Å². The summed E-state index contributed by atoms with van der Waals surface area (Å²) in [6.07, 6.45) is -0.366. The van der Waals surface area contributed by atoms with E-state index in [1.54, 1.807) is 0 Å². The molecule has 1 aliphatic heterocycles. The van der Waals surface area contributed by atoms with E-state index in [1.807, 2.05) is 0 Å². The highest BCUT2D eigenvalue weighted by molar-refractivity contribution is 6.33. The van der Waals surface area contributed by atoms with E-state index < -0.39 is 17.8 Å². The molecule has 0 saturated carbocycles. The minimum absolute atomic E-state index is 0.271. The zero-order valence-corrected chi connectivity index (χ0v) is 10.2. The zero-order valence-electron chi connectivity index (χ0n) is 9.40. The molecule has 1 aromatic rings. The third-order valence-corrected chi connectivity index (χ3v) is 2.70. The number of benzene rings is 1. The average Bonchev–Trinajstić information content (AvgIpc) is 2.27. The van der Waals surface area contributed by atoms with Gasteiger partial charge in [0.25, 0.3) is 0 Å². The predicted molar refractivity (Wildman–Crippen MR) is 63.6 cm³/mol. The van der Waals surface area contributed by atoms with Gasteiger partial charge in [-0.3, -0.25) is 14.9 Å². The molecule has 4 amide bonds. The van der Waals surface area contributed by atoms with Gasteiger partial charge in [-0.05, 0) is 18.2 Å². The molecule has 1 heterocycles. The van der Waals surface area contributed by atoms with Crippen molar-refractivity contribution >= 4 is 35.1 Å². The normalized spacial score (nSPS) is 15.7. The zero-order chi connectivity index (χ0) is 13.3. The molecule has 1 N–H and O–H groups in total. The predicted octanol–water partition coefficient (Wildman–Crippen LogP) is 1.32. The SMILES string of the molecule is COc1ccc(N2C(=O)CC(=O)NC2=O)cc1Cl. The molecule has 94 valence electrons. The molecule has 0 aromatic heterocycles. The van der Waals surface area contributed by atoms with Crippen LogP contribution in [0.15, 0.2) is 18.2 Å². The van der Waals surface area contributed by atoms with E-state index in [-0.39, 0.29) is 17.1 Å². The summed E-state index contributed by atoms with van der Waals surface area (Å²) in [6, 6.07) is 3.69. The Labute approximate surface area is 107 Å². The van der Waals surface area contributed by atoms with Gasteiger partial charge in [0, 0.05) is 0 Å². The van der Waals surface area contributed by atoms with Crippen LogP contribution in [0, 0.1) is 0 Å². The van der Waals surface area contributed by atoms with Gasteiger partial charge in [-0.1, -0.05) is 11.6 Å². The highest BCUT2D eigenvalue weighted by Gasteiger charge is 2.32. The number of urea groups is 1. The highest BCUT2D eigenvalue weighted by atomic mass is 35.5. The van der Waals surface area contributed by atoms with Crippen LogP contribution in [0.4, 0.5) is 10.5 Å². The summed E-state index contributed by atoms with van der Waals surface area (Å²) in [5, 5.41) is 2.33. The maximum Gasteiger partial charge on any atom is 0.335 e. The van der Waals surface area contributed by atoms with E-state index in [0.29, 0.717) is 5.75 Å². The lowest BCUT2D eigenvalue weighted by Gasteiger charge is -2.24. The fraction of sp³-hybridized carbons (Fsp3) is 0.182. The van der Waals surface area contributed by atoms with Gasteiger partial charge in [-0.25, -0.2) is 9.69 Å². The molecular weight excluding hydrogens is 260 g/mol. The number of methoxy groups -OCH3 is 1. The standard InChI is InChI=1S/C11H9ClN2O4/c1-18-8-3-2-6(4-7(8)12)14-10(16)5-9(15)13-11(14)17/h2-4H,5H2,1H3,(H,13,15,17). The summed E-state index contributed by atoms with van der Waals surface area (Å²) in [6.45, 7) is 0. The fourth-order valence-electron chi connectivity index (χ4n) is 1.60. The van der Waals surface area contributed by atoms with Gasteiger partial charge < -0.3 is 4.74 Å². The van der Waals surface area contributed by atoms with E-state index in [4.69, 9.17) is 16.3 Å². The molecule has 6 nitrogen and oxygen atoms in total. The molecule has 1 aromatic carbocycles. The molecular formula is C11H9ClN2O4. The molecule has 7 heteroatoms. The maximum absolute atomic E-state index is 11.7. The largest absolute Gasteiger partial charge is 0.495 e. The Balaban J connectivity index is 2.36. The topological polar surface area (TPSA) is 75.7 Å². The highest BCUT2D eigenvalue weighted by Crippen LogP contribution is 2.30.